The number of carbonyl (C=O) groups is 3. The van der Waals surface area contributed by atoms with Crippen molar-refractivity contribution in [3.63, 3.8) is 0 Å². The largest absolute Gasteiger partial charge is 0.389 e. The summed E-state index contributed by atoms with van der Waals surface area (Å²) in [6.07, 6.45) is -10.0. The Labute approximate surface area is 215 Å². The van der Waals surface area contributed by atoms with Crippen LogP contribution in [0.15, 0.2) is 59.6 Å². The van der Waals surface area contributed by atoms with E-state index < -0.39 is 79.3 Å². The van der Waals surface area contributed by atoms with E-state index in [0.29, 0.717) is 22.4 Å². The first-order chi connectivity index (χ1) is 17.8. The molecular formula is C27H26F5N3O3. The summed E-state index contributed by atoms with van der Waals surface area (Å²) in [6, 6.07) is 15.8. The number of nitrogens with one attached hydrogen (secondary N) is 1. The van der Waals surface area contributed by atoms with Gasteiger partial charge in [0, 0.05) is 36.8 Å². The Hall–Kier alpha value is -3.63. The van der Waals surface area contributed by atoms with Gasteiger partial charge in [0.25, 0.3) is 0 Å². The number of nitrogens with two attached hydrogens (primary N) is 1. The molecule has 0 bridgehead atoms. The van der Waals surface area contributed by atoms with Gasteiger partial charge in [-0.05, 0) is 17.9 Å². The molecule has 1 heterocycles. The van der Waals surface area contributed by atoms with E-state index >= 15 is 0 Å². The van der Waals surface area contributed by atoms with Crippen molar-refractivity contribution >= 4 is 23.3 Å². The van der Waals surface area contributed by atoms with E-state index in [0.717, 1.165) is 0 Å². The first-order valence-corrected chi connectivity index (χ1v) is 12.1. The van der Waals surface area contributed by atoms with Crippen molar-refractivity contribution < 1.29 is 36.3 Å². The van der Waals surface area contributed by atoms with Gasteiger partial charge in [0.05, 0.1) is 17.5 Å². The number of ketones is 1. The molecule has 11 heteroatoms. The highest BCUT2D eigenvalue weighted by Crippen LogP contribution is 2.49. The minimum absolute atomic E-state index is 0.109. The van der Waals surface area contributed by atoms with Crippen molar-refractivity contribution in [1.29, 1.82) is 0 Å². The summed E-state index contributed by atoms with van der Waals surface area (Å²) < 4.78 is 66.4. The number of fused-ring (bicyclic) bond motifs is 1. The zero-order valence-electron chi connectivity index (χ0n) is 20.2. The normalized spacial score (nSPS) is 20.8. The highest BCUT2D eigenvalue weighted by atomic mass is 19.4. The number of benzene rings is 2. The molecule has 0 unspecified atom stereocenters. The van der Waals surface area contributed by atoms with Crippen molar-refractivity contribution in [1.82, 2.24) is 5.32 Å². The lowest BCUT2D eigenvalue weighted by atomic mass is 9.67. The standard InChI is InChI=1S/C27H26F5N3O3/c28-26(29)13-17(14-26)21(23(33)37)19(10-11-27(30,31)32)25(38)35-24-20(36)12-16-8-4-5-9-18(16)22(34-24)15-6-2-1-3-7-15/h1-9,17,19,21,24H,10-14H2,(H2,33,37)(H,35,38)/t19-,21+,24-/m1/s1. The van der Waals surface area contributed by atoms with Gasteiger partial charge in [-0.3, -0.25) is 19.4 Å². The van der Waals surface area contributed by atoms with Crippen LogP contribution in [0, 0.1) is 17.8 Å². The minimum Gasteiger partial charge on any atom is -0.369 e. The summed E-state index contributed by atoms with van der Waals surface area (Å²) in [5.41, 5.74) is 7.77. The summed E-state index contributed by atoms with van der Waals surface area (Å²) in [5.74, 6) is -10.1. The van der Waals surface area contributed by atoms with Crippen molar-refractivity contribution in [3.05, 3.63) is 71.3 Å². The Morgan fingerprint density at radius 2 is 1.68 bits per heavy atom. The third-order valence-electron chi connectivity index (χ3n) is 6.99. The summed E-state index contributed by atoms with van der Waals surface area (Å²) >= 11 is 0. The van der Waals surface area contributed by atoms with Crippen LogP contribution in [-0.2, 0) is 20.8 Å². The molecule has 38 heavy (non-hydrogen) atoms. The average molecular weight is 536 g/mol. The van der Waals surface area contributed by atoms with E-state index in [1.807, 2.05) is 0 Å². The Bertz CT molecular complexity index is 1240. The third-order valence-corrected chi connectivity index (χ3v) is 6.99. The minimum atomic E-state index is -4.66. The van der Waals surface area contributed by atoms with Gasteiger partial charge in [-0.25, -0.2) is 8.78 Å². The second kappa shape index (κ2) is 10.6. The van der Waals surface area contributed by atoms with Crippen LogP contribution in [-0.4, -0.2) is 41.6 Å². The molecule has 1 saturated carbocycles. The first kappa shape index (κ1) is 27.4. The zero-order valence-corrected chi connectivity index (χ0v) is 20.2. The van der Waals surface area contributed by atoms with Gasteiger partial charge in [-0.1, -0.05) is 54.6 Å². The van der Waals surface area contributed by atoms with Crippen LogP contribution in [0.2, 0.25) is 0 Å². The fourth-order valence-electron chi connectivity index (χ4n) is 5.15. The SMILES string of the molecule is NC(=O)[C@@H](C1CC(F)(F)C1)[C@@H](CCC(F)(F)F)C(=O)N[C@H]1N=C(c2ccccc2)c2ccccc2CC1=O. The molecule has 2 amide bonds. The molecule has 3 atom stereocenters. The predicted octanol–water partition coefficient (Wildman–Crippen LogP) is 4.20. The van der Waals surface area contributed by atoms with Crippen LogP contribution in [0.4, 0.5) is 22.0 Å². The van der Waals surface area contributed by atoms with Crippen LogP contribution in [0.5, 0.6) is 0 Å². The molecule has 1 aliphatic heterocycles. The number of carbonyl (C=O) groups excluding carboxylic acids is 3. The van der Waals surface area contributed by atoms with Crippen molar-refractivity contribution in [2.75, 3.05) is 0 Å². The Morgan fingerprint density at radius 1 is 1.05 bits per heavy atom. The highest BCUT2D eigenvalue weighted by molar-refractivity contribution is 6.16. The fraction of sp³-hybridized carbons (Fsp3) is 0.407. The van der Waals surface area contributed by atoms with Gasteiger partial charge < -0.3 is 11.1 Å². The molecule has 0 radical (unpaired) electrons. The number of Topliss-reactive ketones (excluding diaryl/α,β-unsaturated/α-hetero) is 1. The highest BCUT2D eigenvalue weighted by Gasteiger charge is 2.53. The average Bonchev–Trinajstić information content (AvgIpc) is 2.96. The van der Waals surface area contributed by atoms with Gasteiger partial charge in [-0.2, -0.15) is 13.2 Å². The second-order valence-corrected chi connectivity index (χ2v) is 9.77. The molecule has 2 aromatic rings. The molecule has 1 aliphatic carbocycles. The van der Waals surface area contributed by atoms with Crippen LogP contribution < -0.4 is 11.1 Å². The molecular weight excluding hydrogens is 509 g/mol. The predicted molar refractivity (Wildman–Crippen MR) is 128 cm³/mol. The van der Waals surface area contributed by atoms with E-state index in [1.165, 1.54) is 0 Å². The first-order valence-electron chi connectivity index (χ1n) is 12.1. The van der Waals surface area contributed by atoms with Gasteiger partial charge in [0.2, 0.25) is 17.7 Å². The molecule has 2 aromatic carbocycles. The topological polar surface area (TPSA) is 102 Å². The summed E-state index contributed by atoms with van der Waals surface area (Å²) in [7, 11) is 0. The zero-order chi connectivity index (χ0) is 27.7. The maximum Gasteiger partial charge on any atom is 0.389 e. The Morgan fingerprint density at radius 3 is 2.29 bits per heavy atom. The lowest BCUT2D eigenvalue weighted by molar-refractivity contribution is -0.161. The number of halogens is 5. The lowest BCUT2D eigenvalue weighted by Gasteiger charge is -2.41. The van der Waals surface area contributed by atoms with Crippen LogP contribution in [0.3, 0.4) is 0 Å². The summed E-state index contributed by atoms with van der Waals surface area (Å²) in [6.45, 7) is 0. The van der Waals surface area contributed by atoms with Crippen molar-refractivity contribution in [3.8, 4) is 0 Å². The third kappa shape index (κ3) is 6.25. The maximum absolute atomic E-state index is 13.6. The maximum atomic E-state index is 13.6. The second-order valence-electron chi connectivity index (χ2n) is 9.77. The molecule has 2 aliphatic rings. The molecule has 0 spiro atoms. The van der Waals surface area contributed by atoms with Crippen LogP contribution in [0.25, 0.3) is 0 Å². The van der Waals surface area contributed by atoms with E-state index in [-0.39, 0.29) is 6.42 Å². The molecule has 6 nitrogen and oxygen atoms in total. The van der Waals surface area contributed by atoms with Crippen LogP contribution in [0.1, 0.15) is 42.4 Å². The summed E-state index contributed by atoms with van der Waals surface area (Å²) in [4.78, 5) is 43.2. The van der Waals surface area contributed by atoms with Gasteiger partial charge in [-0.15, -0.1) is 0 Å². The monoisotopic (exact) mass is 535 g/mol. The van der Waals surface area contributed by atoms with Gasteiger partial charge in [0.1, 0.15) is 0 Å². The van der Waals surface area contributed by atoms with E-state index in [9.17, 15) is 36.3 Å². The van der Waals surface area contributed by atoms with Gasteiger partial charge >= 0.3 is 6.18 Å². The molecule has 202 valence electrons. The number of alkyl halides is 5. The molecule has 4 rings (SSSR count). The van der Waals surface area contributed by atoms with Crippen molar-refractivity contribution in [2.45, 2.75) is 50.4 Å². The Kier molecular flexibility index (Phi) is 7.66. The lowest BCUT2D eigenvalue weighted by Crippen LogP contribution is -2.52. The van der Waals surface area contributed by atoms with E-state index in [1.54, 1.807) is 54.6 Å². The molecule has 3 N–H and O–H groups in total. The van der Waals surface area contributed by atoms with E-state index in [2.05, 4.69) is 10.3 Å². The van der Waals surface area contributed by atoms with Gasteiger partial charge in [0.15, 0.2) is 11.9 Å². The Balaban J connectivity index is 1.67. The van der Waals surface area contributed by atoms with Crippen molar-refractivity contribution in [2.24, 2.45) is 28.5 Å². The number of hydrogen-bond acceptors (Lipinski definition) is 4. The number of rotatable bonds is 8. The number of nitrogens with zero attached hydrogens (tertiary/aromatic N) is 1. The smallest absolute Gasteiger partial charge is 0.369 e. The summed E-state index contributed by atoms with van der Waals surface area (Å²) in [5, 5.41) is 2.40. The fourth-order valence-corrected chi connectivity index (χ4v) is 5.15. The quantitative estimate of drug-likeness (QED) is 0.496. The molecule has 0 saturated heterocycles. The number of hydrogen-bond donors (Lipinski definition) is 2. The molecule has 0 aromatic heterocycles. The number of primary amides is 1. The molecule has 1 fully saturated rings. The van der Waals surface area contributed by atoms with Crippen LogP contribution >= 0.6 is 0 Å². The number of aliphatic imine (C=N–C) groups is 1. The number of amides is 2. The van der Waals surface area contributed by atoms with E-state index in [4.69, 9.17) is 5.73 Å².